The molecule has 4 heteroatoms. The molecule has 2 N–H and O–H groups in total. The number of nitrogens with one attached hydrogen (secondary N) is 2. The fraction of sp³-hybridized carbons (Fsp3) is 0.588. The van der Waals surface area contributed by atoms with E-state index >= 15 is 0 Å². The zero-order valence-corrected chi connectivity index (χ0v) is 12.9. The van der Waals surface area contributed by atoms with E-state index in [9.17, 15) is 4.79 Å². The van der Waals surface area contributed by atoms with Crippen LogP contribution in [0.15, 0.2) is 24.3 Å². The number of hydrogen-bond donors (Lipinski definition) is 2. The number of carbonyl (C=O) groups excluding carboxylic acids is 1. The summed E-state index contributed by atoms with van der Waals surface area (Å²) in [6, 6.07) is 9.12. The molecule has 114 valence electrons. The van der Waals surface area contributed by atoms with Gasteiger partial charge in [-0.15, -0.1) is 0 Å². The van der Waals surface area contributed by atoms with Gasteiger partial charge in [0.05, 0.1) is 5.92 Å². The predicted octanol–water partition coefficient (Wildman–Crippen LogP) is 2.56. The average molecular weight is 287 g/mol. The second kappa shape index (κ2) is 6.06. The van der Waals surface area contributed by atoms with Crippen molar-refractivity contribution in [2.45, 2.75) is 51.6 Å². The van der Waals surface area contributed by atoms with Gasteiger partial charge < -0.3 is 5.32 Å². The van der Waals surface area contributed by atoms with Gasteiger partial charge in [0.2, 0.25) is 5.91 Å². The van der Waals surface area contributed by atoms with Gasteiger partial charge in [-0.05, 0) is 44.7 Å². The largest absolute Gasteiger partial charge is 0.384 e. The van der Waals surface area contributed by atoms with Gasteiger partial charge in [0.15, 0.2) is 0 Å². The molecule has 0 radical (unpaired) electrons. The van der Waals surface area contributed by atoms with Crippen molar-refractivity contribution in [1.29, 1.82) is 0 Å². The van der Waals surface area contributed by atoms with Gasteiger partial charge in [0, 0.05) is 24.3 Å². The SMILES string of the molecule is CC1CCCC(C)N1NC(=O)C1CNc2ccccc2C1. The third-order valence-corrected chi connectivity index (χ3v) is 4.83. The van der Waals surface area contributed by atoms with Crippen LogP contribution in [0.4, 0.5) is 5.69 Å². The highest BCUT2D eigenvalue weighted by molar-refractivity contribution is 5.80. The lowest BCUT2D eigenvalue weighted by Gasteiger charge is -2.39. The molecule has 1 amide bonds. The molecule has 3 atom stereocenters. The summed E-state index contributed by atoms with van der Waals surface area (Å²) in [5.74, 6) is 0.166. The summed E-state index contributed by atoms with van der Waals surface area (Å²) < 4.78 is 0. The van der Waals surface area contributed by atoms with Crippen LogP contribution in [0.5, 0.6) is 0 Å². The fourth-order valence-corrected chi connectivity index (χ4v) is 3.49. The van der Waals surface area contributed by atoms with Crippen LogP contribution in [0.1, 0.15) is 38.7 Å². The normalized spacial score (nSPS) is 29.3. The van der Waals surface area contributed by atoms with Crippen LogP contribution < -0.4 is 10.7 Å². The monoisotopic (exact) mass is 287 g/mol. The highest BCUT2D eigenvalue weighted by atomic mass is 16.2. The standard InChI is InChI=1S/C17H25N3O/c1-12-6-5-7-13(2)20(12)19-17(21)15-10-14-8-3-4-9-16(14)18-11-15/h3-4,8-9,12-13,15,18H,5-7,10-11H2,1-2H3,(H,19,21). The maximum atomic E-state index is 12.6. The summed E-state index contributed by atoms with van der Waals surface area (Å²) in [5.41, 5.74) is 5.58. The smallest absolute Gasteiger partial charge is 0.239 e. The van der Waals surface area contributed by atoms with Crippen LogP contribution in [-0.2, 0) is 11.2 Å². The first kappa shape index (κ1) is 14.4. The molecule has 1 aromatic rings. The van der Waals surface area contributed by atoms with Crippen LogP contribution in [0.25, 0.3) is 0 Å². The van der Waals surface area contributed by atoms with Gasteiger partial charge in [-0.25, -0.2) is 5.01 Å². The molecule has 2 heterocycles. The molecule has 2 aliphatic heterocycles. The molecular weight excluding hydrogens is 262 g/mol. The Balaban J connectivity index is 1.64. The lowest BCUT2D eigenvalue weighted by molar-refractivity contribution is -0.133. The van der Waals surface area contributed by atoms with E-state index in [1.54, 1.807) is 0 Å². The molecule has 21 heavy (non-hydrogen) atoms. The molecule has 4 nitrogen and oxygen atoms in total. The van der Waals surface area contributed by atoms with Gasteiger partial charge in [-0.2, -0.15) is 0 Å². The first-order chi connectivity index (χ1) is 10.1. The lowest BCUT2D eigenvalue weighted by Crippen LogP contribution is -2.56. The van der Waals surface area contributed by atoms with Crippen molar-refractivity contribution in [1.82, 2.24) is 10.4 Å². The Labute approximate surface area is 126 Å². The molecule has 0 aromatic heterocycles. The molecular formula is C17H25N3O. The van der Waals surface area contributed by atoms with Crippen molar-refractivity contribution < 1.29 is 4.79 Å². The van der Waals surface area contributed by atoms with E-state index in [1.807, 2.05) is 12.1 Å². The molecule has 0 spiro atoms. The number of piperidine rings is 1. The number of anilines is 1. The fourth-order valence-electron chi connectivity index (χ4n) is 3.49. The second-order valence-corrected chi connectivity index (χ2v) is 6.45. The number of hydrazine groups is 1. The van der Waals surface area contributed by atoms with Crippen LogP contribution in [-0.4, -0.2) is 29.5 Å². The first-order valence-corrected chi connectivity index (χ1v) is 8.05. The number of nitrogens with zero attached hydrogens (tertiary/aromatic N) is 1. The minimum Gasteiger partial charge on any atom is -0.384 e. The minimum atomic E-state index is 0.0150. The zero-order valence-electron chi connectivity index (χ0n) is 12.9. The Bertz CT molecular complexity index is 507. The van der Waals surface area contributed by atoms with Crippen LogP contribution >= 0.6 is 0 Å². The summed E-state index contributed by atoms with van der Waals surface area (Å²) in [6.07, 6.45) is 4.41. The maximum Gasteiger partial charge on any atom is 0.239 e. The summed E-state index contributed by atoms with van der Waals surface area (Å²) >= 11 is 0. The number of fused-ring (bicyclic) bond motifs is 1. The van der Waals surface area contributed by atoms with E-state index in [0.29, 0.717) is 12.1 Å². The summed E-state index contributed by atoms with van der Waals surface area (Å²) in [5, 5.41) is 5.53. The number of benzene rings is 1. The topological polar surface area (TPSA) is 44.4 Å². The molecule has 0 aliphatic carbocycles. The molecule has 1 fully saturated rings. The Morgan fingerprint density at radius 1 is 1.24 bits per heavy atom. The average Bonchev–Trinajstić information content (AvgIpc) is 2.50. The van der Waals surface area contributed by atoms with Crippen molar-refractivity contribution in [2.24, 2.45) is 5.92 Å². The maximum absolute atomic E-state index is 12.6. The van der Waals surface area contributed by atoms with E-state index < -0.39 is 0 Å². The Kier molecular flexibility index (Phi) is 4.15. The Morgan fingerprint density at radius 3 is 2.71 bits per heavy atom. The van der Waals surface area contributed by atoms with Crippen LogP contribution in [0.2, 0.25) is 0 Å². The highest BCUT2D eigenvalue weighted by Crippen LogP contribution is 2.25. The van der Waals surface area contributed by atoms with E-state index in [-0.39, 0.29) is 11.8 Å². The molecule has 3 rings (SSSR count). The van der Waals surface area contributed by atoms with E-state index in [4.69, 9.17) is 0 Å². The number of hydrogen-bond acceptors (Lipinski definition) is 3. The van der Waals surface area contributed by atoms with Crippen molar-refractivity contribution >= 4 is 11.6 Å². The lowest BCUT2D eigenvalue weighted by atomic mass is 9.93. The Hall–Kier alpha value is -1.55. The van der Waals surface area contributed by atoms with Gasteiger partial charge >= 0.3 is 0 Å². The summed E-state index contributed by atoms with van der Waals surface area (Å²) in [7, 11) is 0. The molecule has 2 aliphatic rings. The van der Waals surface area contributed by atoms with Crippen molar-refractivity contribution in [3.05, 3.63) is 29.8 Å². The van der Waals surface area contributed by atoms with Gasteiger partial charge in [0.1, 0.15) is 0 Å². The van der Waals surface area contributed by atoms with Gasteiger partial charge in [-0.1, -0.05) is 24.6 Å². The number of carbonyl (C=O) groups is 1. The minimum absolute atomic E-state index is 0.0150. The molecule has 0 saturated carbocycles. The quantitative estimate of drug-likeness (QED) is 0.878. The first-order valence-electron chi connectivity index (χ1n) is 8.05. The van der Waals surface area contributed by atoms with Crippen LogP contribution in [0, 0.1) is 5.92 Å². The van der Waals surface area contributed by atoms with E-state index in [2.05, 4.69) is 41.7 Å². The van der Waals surface area contributed by atoms with Crippen molar-refractivity contribution in [3.8, 4) is 0 Å². The zero-order chi connectivity index (χ0) is 14.8. The summed E-state index contributed by atoms with van der Waals surface area (Å²) in [4.78, 5) is 12.6. The Morgan fingerprint density at radius 2 is 1.95 bits per heavy atom. The highest BCUT2D eigenvalue weighted by Gasteiger charge is 2.30. The van der Waals surface area contributed by atoms with Gasteiger partial charge in [-0.3, -0.25) is 10.2 Å². The van der Waals surface area contributed by atoms with E-state index in [0.717, 1.165) is 25.8 Å². The summed E-state index contributed by atoms with van der Waals surface area (Å²) in [6.45, 7) is 5.12. The number of amides is 1. The second-order valence-electron chi connectivity index (χ2n) is 6.45. The number of para-hydroxylation sites is 1. The molecule has 1 aromatic carbocycles. The molecule has 1 saturated heterocycles. The van der Waals surface area contributed by atoms with Crippen molar-refractivity contribution in [3.63, 3.8) is 0 Å². The molecule has 3 unspecified atom stereocenters. The third-order valence-electron chi connectivity index (χ3n) is 4.83. The predicted molar refractivity (Wildman–Crippen MR) is 84.9 cm³/mol. The van der Waals surface area contributed by atoms with Crippen LogP contribution in [0.3, 0.4) is 0 Å². The third kappa shape index (κ3) is 3.05. The number of rotatable bonds is 2. The van der Waals surface area contributed by atoms with E-state index in [1.165, 1.54) is 17.7 Å². The molecule has 0 bridgehead atoms. The van der Waals surface area contributed by atoms with Crippen molar-refractivity contribution in [2.75, 3.05) is 11.9 Å². The van der Waals surface area contributed by atoms with Gasteiger partial charge in [0.25, 0.3) is 0 Å².